The van der Waals surface area contributed by atoms with Crippen molar-refractivity contribution in [1.29, 1.82) is 0 Å². The number of aryl methyl sites for hydroxylation is 1. The molecule has 1 amide bonds. The molecule has 0 saturated heterocycles. The van der Waals surface area contributed by atoms with Crippen molar-refractivity contribution < 1.29 is 23.7 Å². The first-order valence-electron chi connectivity index (χ1n) is 10.9. The highest BCUT2D eigenvalue weighted by Gasteiger charge is 2.13. The van der Waals surface area contributed by atoms with Gasteiger partial charge in [-0.3, -0.25) is 10.1 Å². The standard InChI is InChI=1S/C26H24N4O5S/c1-16-6-4-5-7-21(16)34-14-24(31)30-26(36)29-17-8-10-18(11-9-17)35-25-19-12-22(32-2)23(33-3)13-20(19)27-15-28-25/h4-13,15H,14H2,1-3H3,(H2,29,30,31,36). The molecule has 0 spiro atoms. The second-order valence-electron chi connectivity index (χ2n) is 7.59. The number of methoxy groups -OCH3 is 2. The first-order valence-corrected chi connectivity index (χ1v) is 11.3. The summed E-state index contributed by atoms with van der Waals surface area (Å²) in [5.74, 6) is 2.32. The maximum Gasteiger partial charge on any atom is 0.264 e. The lowest BCUT2D eigenvalue weighted by Gasteiger charge is -2.13. The van der Waals surface area contributed by atoms with Crippen molar-refractivity contribution in [2.45, 2.75) is 6.92 Å². The van der Waals surface area contributed by atoms with Crippen molar-refractivity contribution in [3.63, 3.8) is 0 Å². The van der Waals surface area contributed by atoms with E-state index in [4.69, 9.17) is 31.2 Å². The van der Waals surface area contributed by atoms with Gasteiger partial charge in [0.05, 0.1) is 25.1 Å². The number of para-hydroxylation sites is 1. The number of anilines is 1. The molecule has 0 aliphatic carbocycles. The fraction of sp³-hybridized carbons (Fsp3) is 0.154. The first kappa shape index (κ1) is 24.7. The molecule has 10 heteroatoms. The van der Waals surface area contributed by atoms with E-state index < -0.39 is 0 Å². The zero-order valence-electron chi connectivity index (χ0n) is 19.9. The number of hydrogen-bond donors (Lipinski definition) is 2. The quantitative estimate of drug-likeness (QED) is 0.332. The number of rotatable bonds is 8. The van der Waals surface area contributed by atoms with E-state index >= 15 is 0 Å². The van der Waals surface area contributed by atoms with Gasteiger partial charge in [0.15, 0.2) is 23.2 Å². The molecular formula is C26H24N4O5S. The molecule has 4 aromatic rings. The van der Waals surface area contributed by atoms with Crippen LogP contribution in [0.25, 0.3) is 10.9 Å². The number of ether oxygens (including phenoxy) is 4. The van der Waals surface area contributed by atoms with Crippen molar-refractivity contribution in [3.8, 4) is 28.9 Å². The van der Waals surface area contributed by atoms with Crippen molar-refractivity contribution in [2.24, 2.45) is 0 Å². The van der Waals surface area contributed by atoms with Crippen LogP contribution in [0.4, 0.5) is 5.69 Å². The maximum absolute atomic E-state index is 12.2. The Morgan fingerprint density at radius 2 is 1.67 bits per heavy atom. The largest absolute Gasteiger partial charge is 0.493 e. The number of aromatic nitrogens is 2. The normalized spacial score (nSPS) is 10.4. The third-order valence-corrected chi connectivity index (χ3v) is 5.34. The molecule has 0 aliphatic heterocycles. The molecule has 0 atom stereocenters. The van der Waals surface area contributed by atoms with E-state index in [0.29, 0.717) is 45.5 Å². The van der Waals surface area contributed by atoms with E-state index in [-0.39, 0.29) is 17.6 Å². The van der Waals surface area contributed by atoms with Crippen molar-refractivity contribution in [1.82, 2.24) is 15.3 Å². The minimum Gasteiger partial charge on any atom is -0.493 e. The molecule has 2 N–H and O–H groups in total. The monoisotopic (exact) mass is 504 g/mol. The van der Waals surface area contributed by atoms with Gasteiger partial charge in [0, 0.05) is 11.8 Å². The zero-order valence-corrected chi connectivity index (χ0v) is 20.7. The van der Waals surface area contributed by atoms with Crippen LogP contribution >= 0.6 is 12.2 Å². The molecule has 0 aliphatic rings. The summed E-state index contributed by atoms with van der Waals surface area (Å²) >= 11 is 5.23. The highest BCUT2D eigenvalue weighted by Crippen LogP contribution is 2.35. The van der Waals surface area contributed by atoms with Gasteiger partial charge in [0.25, 0.3) is 5.91 Å². The van der Waals surface area contributed by atoms with Crippen LogP contribution in [0.3, 0.4) is 0 Å². The van der Waals surface area contributed by atoms with Crippen LogP contribution in [-0.4, -0.2) is 41.8 Å². The van der Waals surface area contributed by atoms with E-state index in [9.17, 15) is 4.79 Å². The average Bonchev–Trinajstić information content (AvgIpc) is 2.88. The zero-order chi connectivity index (χ0) is 25.5. The summed E-state index contributed by atoms with van der Waals surface area (Å²) in [5, 5.41) is 6.39. The predicted octanol–water partition coefficient (Wildman–Crippen LogP) is 4.64. The minimum atomic E-state index is -0.363. The van der Waals surface area contributed by atoms with Crippen molar-refractivity contribution >= 4 is 39.8 Å². The molecule has 1 heterocycles. The molecule has 0 saturated carbocycles. The van der Waals surface area contributed by atoms with Gasteiger partial charge in [-0.25, -0.2) is 9.97 Å². The molecule has 0 unspecified atom stereocenters. The van der Waals surface area contributed by atoms with Crippen LogP contribution < -0.4 is 29.6 Å². The third-order valence-electron chi connectivity index (χ3n) is 5.14. The van der Waals surface area contributed by atoms with Crippen molar-refractivity contribution in [2.75, 3.05) is 26.1 Å². The summed E-state index contributed by atoms with van der Waals surface area (Å²) in [6.45, 7) is 1.76. The van der Waals surface area contributed by atoms with Gasteiger partial charge in [-0.15, -0.1) is 0 Å². The third kappa shape index (κ3) is 5.97. The number of fused-ring (bicyclic) bond motifs is 1. The second kappa shape index (κ2) is 11.3. The number of thiocarbonyl (C=S) groups is 1. The van der Waals surface area contributed by atoms with E-state index in [1.807, 2.05) is 25.1 Å². The maximum atomic E-state index is 12.2. The molecule has 3 aromatic carbocycles. The van der Waals surface area contributed by atoms with Crippen LogP contribution in [-0.2, 0) is 4.79 Å². The van der Waals surface area contributed by atoms with Crippen LogP contribution in [0, 0.1) is 6.92 Å². The van der Waals surface area contributed by atoms with Gasteiger partial charge < -0.3 is 24.3 Å². The fourth-order valence-corrected chi connectivity index (χ4v) is 3.58. The number of nitrogens with one attached hydrogen (secondary N) is 2. The lowest BCUT2D eigenvalue weighted by atomic mass is 10.2. The predicted molar refractivity (Wildman–Crippen MR) is 140 cm³/mol. The average molecular weight is 505 g/mol. The molecule has 184 valence electrons. The lowest BCUT2D eigenvalue weighted by Crippen LogP contribution is -2.37. The lowest BCUT2D eigenvalue weighted by molar-refractivity contribution is -0.121. The number of nitrogens with zero attached hydrogens (tertiary/aromatic N) is 2. The Bertz CT molecular complexity index is 1400. The highest BCUT2D eigenvalue weighted by atomic mass is 32.1. The van der Waals surface area contributed by atoms with Crippen molar-refractivity contribution in [3.05, 3.63) is 72.6 Å². The molecule has 9 nitrogen and oxygen atoms in total. The van der Waals surface area contributed by atoms with Gasteiger partial charge >= 0.3 is 0 Å². The van der Waals surface area contributed by atoms with E-state index in [1.54, 1.807) is 56.7 Å². The summed E-state index contributed by atoms with van der Waals surface area (Å²) in [7, 11) is 3.12. The van der Waals surface area contributed by atoms with Gasteiger partial charge in [-0.1, -0.05) is 18.2 Å². The number of carbonyl (C=O) groups excluding carboxylic acids is 1. The van der Waals surface area contributed by atoms with E-state index in [1.165, 1.54) is 6.33 Å². The van der Waals surface area contributed by atoms with E-state index in [0.717, 1.165) is 5.56 Å². The van der Waals surface area contributed by atoms with E-state index in [2.05, 4.69) is 20.6 Å². The summed E-state index contributed by atoms with van der Waals surface area (Å²) < 4.78 is 22.2. The number of amides is 1. The Balaban J connectivity index is 1.36. The minimum absolute atomic E-state index is 0.150. The summed E-state index contributed by atoms with van der Waals surface area (Å²) in [5.41, 5.74) is 2.27. The SMILES string of the molecule is COc1cc2ncnc(Oc3ccc(NC(=S)NC(=O)COc4ccccc4C)cc3)c2cc1OC. The summed E-state index contributed by atoms with van der Waals surface area (Å²) in [4.78, 5) is 20.7. The summed E-state index contributed by atoms with van der Waals surface area (Å²) in [6, 6.07) is 18.0. The first-order chi connectivity index (χ1) is 17.5. The smallest absolute Gasteiger partial charge is 0.264 e. The Kier molecular flexibility index (Phi) is 7.76. The Morgan fingerprint density at radius 3 is 2.39 bits per heavy atom. The Morgan fingerprint density at radius 1 is 0.944 bits per heavy atom. The molecule has 1 aromatic heterocycles. The molecule has 0 radical (unpaired) electrons. The van der Waals surface area contributed by atoms with Crippen LogP contribution in [0.1, 0.15) is 5.56 Å². The Hall–Kier alpha value is -4.44. The van der Waals surface area contributed by atoms with Gasteiger partial charge in [-0.2, -0.15) is 0 Å². The second-order valence-corrected chi connectivity index (χ2v) is 7.99. The van der Waals surface area contributed by atoms with Gasteiger partial charge in [-0.05, 0) is 61.1 Å². The molecule has 0 bridgehead atoms. The molecule has 36 heavy (non-hydrogen) atoms. The fourth-order valence-electron chi connectivity index (χ4n) is 3.35. The molecule has 0 fully saturated rings. The van der Waals surface area contributed by atoms with Gasteiger partial charge in [0.1, 0.15) is 17.8 Å². The number of carbonyl (C=O) groups is 1. The Labute approximate surface area is 213 Å². The van der Waals surface area contributed by atoms with Gasteiger partial charge in [0.2, 0.25) is 5.88 Å². The summed E-state index contributed by atoms with van der Waals surface area (Å²) in [6.07, 6.45) is 1.42. The molecular weight excluding hydrogens is 480 g/mol. The number of benzene rings is 3. The van der Waals surface area contributed by atoms with Crippen LogP contribution in [0.2, 0.25) is 0 Å². The van der Waals surface area contributed by atoms with Crippen LogP contribution in [0.5, 0.6) is 28.9 Å². The molecule has 4 rings (SSSR count). The van der Waals surface area contributed by atoms with Crippen LogP contribution in [0.15, 0.2) is 67.0 Å². The number of hydrogen-bond acceptors (Lipinski definition) is 8. The highest BCUT2D eigenvalue weighted by molar-refractivity contribution is 7.80. The topological polar surface area (TPSA) is 104 Å².